The van der Waals surface area contributed by atoms with Gasteiger partial charge in [0.2, 0.25) is 0 Å². The van der Waals surface area contributed by atoms with Crippen molar-refractivity contribution in [1.29, 1.82) is 0 Å². The Morgan fingerprint density at radius 1 is 0.722 bits per heavy atom. The molecule has 4 aromatic rings. The molecule has 0 aliphatic rings. The zero-order valence-electron chi connectivity index (χ0n) is 20.6. The van der Waals surface area contributed by atoms with E-state index >= 15 is 0 Å². The molecule has 0 spiro atoms. The molecule has 1 unspecified atom stereocenters. The lowest BCUT2D eigenvalue weighted by atomic mass is 9.77. The van der Waals surface area contributed by atoms with Crippen molar-refractivity contribution in [2.45, 2.75) is 19.3 Å². The second kappa shape index (κ2) is 10.9. The molecule has 0 amide bonds. The average Bonchev–Trinajstić information content (AvgIpc) is 2.92. The second-order valence-corrected chi connectivity index (χ2v) is 8.81. The predicted molar refractivity (Wildman–Crippen MR) is 139 cm³/mol. The van der Waals surface area contributed by atoms with Gasteiger partial charge in [-0.1, -0.05) is 54.1 Å². The molecule has 0 radical (unpaired) electrons. The van der Waals surface area contributed by atoms with Crippen LogP contribution in [0, 0.1) is 6.92 Å². The highest BCUT2D eigenvalue weighted by atomic mass is 16.5. The summed E-state index contributed by atoms with van der Waals surface area (Å²) in [7, 11) is 1.62. The van der Waals surface area contributed by atoms with Crippen LogP contribution in [0.15, 0.2) is 97.1 Å². The van der Waals surface area contributed by atoms with E-state index in [2.05, 4.69) is 0 Å². The Kier molecular flexibility index (Phi) is 7.50. The molecule has 1 atom stereocenters. The molecular weight excluding hydrogens is 452 g/mol. The molecule has 0 fully saturated rings. The van der Waals surface area contributed by atoms with Crippen LogP contribution < -0.4 is 9.47 Å². The molecule has 5 nitrogen and oxygen atoms in total. The molecule has 0 aromatic heterocycles. The number of hydrogen-bond acceptors (Lipinski definition) is 5. The third-order valence-corrected chi connectivity index (χ3v) is 6.32. The first-order chi connectivity index (χ1) is 17.4. The van der Waals surface area contributed by atoms with Crippen LogP contribution in [-0.4, -0.2) is 26.0 Å². The number of ketones is 1. The van der Waals surface area contributed by atoms with E-state index < -0.39 is 5.41 Å². The summed E-state index contributed by atoms with van der Waals surface area (Å²) in [5.41, 5.74) is 3.79. The number of rotatable bonds is 10. The molecule has 0 saturated heterocycles. The smallest absolute Gasteiger partial charge is 0.293 e. The van der Waals surface area contributed by atoms with E-state index in [0.29, 0.717) is 29.1 Å². The monoisotopic (exact) mass is 480 g/mol. The minimum absolute atomic E-state index is 0.0266. The SMILES string of the molecule is COc1ccc(C(C)(COC=O)c2ccc(Oc3ccc(C(=O)c4ccc(C)cc4)cc3)cc2)cc1. The summed E-state index contributed by atoms with van der Waals surface area (Å²) >= 11 is 0. The third kappa shape index (κ3) is 5.47. The molecule has 0 N–H and O–H groups in total. The van der Waals surface area contributed by atoms with Gasteiger partial charge in [0.05, 0.1) is 12.5 Å². The normalized spacial score (nSPS) is 12.3. The van der Waals surface area contributed by atoms with Gasteiger partial charge in [-0.15, -0.1) is 0 Å². The first-order valence-electron chi connectivity index (χ1n) is 11.6. The lowest BCUT2D eigenvalue weighted by Gasteiger charge is -2.30. The number of ether oxygens (including phenoxy) is 3. The van der Waals surface area contributed by atoms with Crippen LogP contribution in [-0.2, 0) is 14.9 Å². The summed E-state index contributed by atoms with van der Waals surface area (Å²) in [5.74, 6) is 2.02. The predicted octanol–water partition coefficient (Wildman–Crippen LogP) is 6.51. The van der Waals surface area contributed by atoms with Crippen molar-refractivity contribution in [2.75, 3.05) is 13.7 Å². The van der Waals surface area contributed by atoms with E-state index in [9.17, 15) is 9.59 Å². The number of hydrogen-bond donors (Lipinski definition) is 0. The van der Waals surface area contributed by atoms with E-state index in [-0.39, 0.29) is 12.4 Å². The maximum atomic E-state index is 12.7. The van der Waals surface area contributed by atoms with Crippen LogP contribution in [0.2, 0.25) is 0 Å². The Labute approximate surface area is 211 Å². The summed E-state index contributed by atoms with van der Waals surface area (Å²) in [6.07, 6.45) is 0. The molecule has 0 heterocycles. The minimum atomic E-state index is -0.552. The Bertz CT molecular complexity index is 1310. The van der Waals surface area contributed by atoms with Crippen molar-refractivity contribution in [3.8, 4) is 17.2 Å². The summed E-state index contributed by atoms with van der Waals surface area (Å²) in [5, 5.41) is 0. The largest absolute Gasteiger partial charge is 0.497 e. The van der Waals surface area contributed by atoms with Gasteiger partial charge in [-0.05, 0) is 73.5 Å². The van der Waals surface area contributed by atoms with Gasteiger partial charge >= 0.3 is 0 Å². The Balaban J connectivity index is 1.50. The van der Waals surface area contributed by atoms with Gasteiger partial charge in [0.25, 0.3) is 6.47 Å². The highest BCUT2D eigenvalue weighted by Gasteiger charge is 2.30. The van der Waals surface area contributed by atoms with Crippen LogP contribution in [0.25, 0.3) is 0 Å². The van der Waals surface area contributed by atoms with Gasteiger partial charge in [0.15, 0.2) is 5.78 Å². The average molecular weight is 481 g/mol. The van der Waals surface area contributed by atoms with Crippen LogP contribution in [0.4, 0.5) is 0 Å². The number of carbonyl (C=O) groups excluding carboxylic acids is 2. The molecule has 0 aliphatic carbocycles. The second-order valence-electron chi connectivity index (χ2n) is 8.81. The van der Waals surface area contributed by atoms with Gasteiger partial charge < -0.3 is 14.2 Å². The lowest BCUT2D eigenvalue weighted by molar-refractivity contribution is -0.129. The molecule has 0 aliphatic heterocycles. The standard InChI is InChI=1S/C31H28O5/c1-22-4-6-23(7-5-22)30(33)24-8-14-28(15-9-24)36-29-18-12-26(13-19-29)31(2,20-35-21-32)25-10-16-27(34-3)17-11-25/h4-19,21H,20H2,1-3H3. The number of benzene rings is 4. The van der Waals surface area contributed by atoms with Gasteiger partial charge in [-0.25, -0.2) is 0 Å². The zero-order valence-corrected chi connectivity index (χ0v) is 20.6. The van der Waals surface area contributed by atoms with Gasteiger partial charge in [0.1, 0.15) is 23.9 Å². The first-order valence-corrected chi connectivity index (χ1v) is 11.6. The number of carbonyl (C=O) groups is 2. The first kappa shape index (κ1) is 24.7. The van der Waals surface area contributed by atoms with Gasteiger partial charge in [0, 0.05) is 11.1 Å². The fourth-order valence-corrected chi connectivity index (χ4v) is 4.07. The van der Waals surface area contributed by atoms with E-state index in [1.165, 1.54) is 0 Å². The van der Waals surface area contributed by atoms with Crippen molar-refractivity contribution < 1.29 is 23.8 Å². The van der Waals surface area contributed by atoms with E-state index in [0.717, 1.165) is 22.4 Å². The zero-order chi connectivity index (χ0) is 25.5. The molecule has 5 heteroatoms. The molecule has 0 bridgehead atoms. The number of methoxy groups -OCH3 is 1. The van der Waals surface area contributed by atoms with Gasteiger partial charge in [-0.3, -0.25) is 9.59 Å². The van der Waals surface area contributed by atoms with Crippen LogP contribution >= 0.6 is 0 Å². The Morgan fingerprint density at radius 2 is 1.17 bits per heavy atom. The van der Waals surface area contributed by atoms with Crippen LogP contribution in [0.3, 0.4) is 0 Å². The molecular formula is C31H28O5. The molecule has 182 valence electrons. The highest BCUT2D eigenvalue weighted by Crippen LogP contribution is 2.35. The van der Waals surface area contributed by atoms with Crippen molar-refractivity contribution in [3.05, 3.63) is 125 Å². The maximum Gasteiger partial charge on any atom is 0.293 e. The molecule has 36 heavy (non-hydrogen) atoms. The Hall–Kier alpha value is -4.38. The van der Waals surface area contributed by atoms with Crippen molar-refractivity contribution in [1.82, 2.24) is 0 Å². The third-order valence-electron chi connectivity index (χ3n) is 6.32. The van der Waals surface area contributed by atoms with Crippen LogP contribution in [0.1, 0.15) is 39.5 Å². The summed E-state index contributed by atoms with van der Waals surface area (Å²) in [4.78, 5) is 23.7. The maximum absolute atomic E-state index is 12.7. The molecule has 0 saturated carbocycles. The summed E-state index contributed by atoms with van der Waals surface area (Å²) < 4.78 is 16.5. The number of aryl methyl sites for hydroxylation is 1. The lowest BCUT2D eigenvalue weighted by Crippen LogP contribution is -2.29. The van der Waals surface area contributed by atoms with Crippen molar-refractivity contribution in [3.63, 3.8) is 0 Å². The fraction of sp³-hybridized carbons (Fsp3) is 0.161. The van der Waals surface area contributed by atoms with Crippen molar-refractivity contribution in [2.24, 2.45) is 0 Å². The van der Waals surface area contributed by atoms with E-state index in [4.69, 9.17) is 14.2 Å². The van der Waals surface area contributed by atoms with E-state index in [1.807, 2.05) is 86.6 Å². The topological polar surface area (TPSA) is 61.8 Å². The summed E-state index contributed by atoms with van der Waals surface area (Å²) in [6.45, 7) is 4.68. The molecule has 4 rings (SSSR count). The Morgan fingerprint density at radius 3 is 1.64 bits per heavy atom. The highest BCUT2D eigenvalue weighted by molar-refractivity contribution is 6.09. The summed E-state index contributed by atoms with van der Waals surface area (Å²) in [6, 6.07) is 30.0. The minimum Gasteiger partial charge on any atom is -0.497 e. The van der Waals surface area contributed by atoms with Crippen LogP contribution in [0.5, 0.6) is 17.2 Å². The fourth-order valence-electron chi connectivity index (χ4n) is 4.07. The van der Waals surface area contributed by atoms with Gasteiger partial charge in [-0.2, -0.15) is 0 Å². The van der Waals surface area contributed by atoms with Crippen molar-refractivity contribution >= 4 is 12.3 Å². The van der Waals surface area contributed by atoms with E-state index in [1.54, 1.807) is 31.4 Å². The molecule has 4 aromatic carbocycles. The quantitative estimate of drug-likeness (QED) is 0.191.